The lowest BCUT2D eigenvalue weighted by Crippen LogP contribution is -2.25. The standard InChI is InChI=1S/C19H22N4O/c1-3-14(2)13-23-17-7-5-4-6-16(17)22-18(23)12-21-19(24)15-8-10-20-11-9-15/h4-11,14H,3,12-13H2,1-2H3,(H,21,24). The summed E-state index contributed by atoms with van der Waals surface area (Å²) in [6, 6.07) is 11.5. The minimum absolute atomic E-state index is 0.112. The van der Waals surface area contributed by atoms with E-state index in [1.165, 1.54) is 0 Å². The van der Waals surface area contributed by atoms with Gasteiger partial charge in [-0.3, -0.25) is 9.78 Å². The van der Waals surface area contributed by atoms with Crippen LogP contribution in [0.5, 0.6) is 0 Å². The van der Waals surface area contributed by atoms with E-state index in [0.29, 0.717) is 18.0 Å². The Morgan fingerprint density at radius 1 is 1.21 bits per heavy atom. The fourth-order valence-electron chi connectivity index (χ4n) is 2.67. The molecule has 24 heavy (non-hydrogen) atoms. The van der Waals surface area contributed by atoms with E-state index in [1.54, 1.807) is 24.5 Å². The molecule has 5 nitrogen and oxygen atoms in total. The number of rotatable bonds is 6. The molecule has 124 valence electrons. The Balaban J connectivity index is 1.83. The van der Waals surface area contributed by atoms with Crippen molar-refractivity contribution in [1.29, 1.82) is 0 Å². The topological polar surface area (TPSA) is 59.8 Å². The van der Waals surface area contributed by atoms with Crippen molar-refractivity contribution in [2.75, 3.05) is 0 Å². The van der Waals surface area contributed by atoms with Crippen molar-refractivity contribution in [3.05, 3.63) is 60.2 Å². The number of aromatic nitrogens is 3. The molecule has 1 atom stereocenters. The van der Waals surface area contributed by atoms with Crippen LogP contribution in [0.2, 0.25) is 0 Å². The molecule has 1 aromatic carbocycles. The van der Waals surface area contributed by atoms with Gasteiger partial charge in [0.1, 0.15) is 5.82 Å². The zero-order valence-corrected chi connectivity index (χ0v) is 14.1. The molecule has 0 bridgehead atoms. The average Bonchev–Trinajstić information content (AvgIpc) is 2.98. The third-order valence-corrected chi connectivity index (χ3v) is 4.27. The van der Waals surface area contributed by atoms with Crippen LogP contribution in [0.4, 0.5) is 0 Å². The van der Waals surface area contributed by atoms with Crippen molar-refractivity contribution < 1.29 is 4.79 Å². The summed E-state index contributed by atoms with van der Waals surface area (Å²) in [5.74, 6) is 1.33. The molecule has 0 aliphatic rings. The number of carbonyl (C=O) groups is 1. The molecule has 0 fully saturated rings. The van der Waals surface area contributed by atoms with Gasteiger partial charge in [0.15, 0.2) is 0 Å². The third-order valence-electron chi connectivity index (χ3n) is 4.27. The summed E-state index contributed by atoms with van der Waals surface area (Å²) in [4.78, 5) is 20.9. The Labute approximate surface area is 141 Å². The van der Waals surface area contributed by atoms with Crippen molar-refractivity contribution in [3.63, 3.8) is 0 Å². The maximum absolute atomic E-state index is 12.2. The molecule has 1 unspecified atom stereocenters. The molecule has 5 heteroatoms. The van der Waals surface area contributed by atoms with Crippen LogP contribution in [-0.2, 0) is 13.1 Å². The number of hydrogen-bond donors (Lipinski definition) is 1. The predicted octanol–water partition coefficient (Wildman–Crippen LogP) is 3.41. The van der Waals surface area contributed by atoms with Crippen molar-refractivity contribution in [1.82, 2.24) is 19.9 Å². The van der Waals surface area contributed by atoms with Crippen LogP contribution in [0.15, 0.2) is 48.8 Å². The van der Waals surface area contributed by atoms with Crippen LogP contribution in [0.1, 0.15) is 36.5 Å². The highest BCUT2D eigenvalue weighted by Gasteiger charge is 2.14. The number of pyridine rings is 1. The Hall–Kier alpha value is -2.69. The van der Waals surface area contributed by atoms with Gasteiger partial charge in [-0.2, -0.15) is 0 Å². The van der Waals surface area contributed by atoms with E-state index in [9.17, 15) is 4.79 Å². The van der Waals surface area contributed by atoms with Crippen molar-refractivity contribution in [3.8, 4) is 0 Å². The van der Waals surface area contributed by atoms with Crippen LogP contribution < -0.4 is 5.32 Å². The van der Waals surface area contributed by atoms with Gasteiger partial charge in [0.05, 0.1) is 17.6 Å². The molecule has 2 heterocycles. The van der Waals surface area contributed by atoms with E-state index in [4.69, 9.17) is 4.98 Å². The van der Waals surface area contributed by atoms with E-state index in [0.717, 1.165) is 29.8 Å². The Morgan fingerprint density at radius 3 is 2.71 bits per heavy atom. The number of nitrogens with zero attached hydrogens (tertiary/aromatic N) is 3. The average molecular weight is 322 g/mol. The highest BCUT2D eigenvalue weighted by Crippen LogP contribution is 2.19. The van der Waals surface area contributed by atoms with Gasteiger partial charge in [-0.15, -0.1) is 0 Å². The Morgan fingerprint density at radius 2 is 1.96 bits per heavy atom. The highest BCUT2D eigenvalue weighted by molar-refractivity contribution is 5.93. The van der Waals surface area contributed by atoms with Crippen molar-refractivity contribution in [2.24, 2.45) is 5.92 Å². The largest absolute Gasteiger partial charge is 0.345 e. The van der Waals surface area contributed by atoms with Crippen molar-refractivity contribution >= 4 is 16.9 Å². The molecule has 1 amide bonds. The van der Waals surface area contributed by atoms with E-state index in [1.807, 2.05) is 18.2 Å². The first-order valence-corrected chi connectivity index (χ1v) is 8.31. The zero-order chi connectivity index (χ0) is 16.9. The Kier molecular flexibility index (Phi) is 4.89. The lowest BCUT2D eigenvalue weighted by atomic mass is 10.1. The second-order valence-electron chi connectivity index (χ2n) is 6.06. The summed E-state index contributed by atoms with van der Waals surface area (Å²) in [5, 5.41) is 2.96. The molecule has 0 aliphatic heterocycles. The van der Waals surface area contributed by atoms with Crippen LogP contribution in [0.25, 0.3) is 11.0 Å². The van der Waals surface area contributed by atoms with Gasteiger partial charge >= 0.3 is 0 Å². The summed E-state index contributed by atoms with van der Waals surface area (Å²) in [7, 11) is 0. The first-order valence-electron chi connectivity index (χ1n) is 8.31. The SMILES string of the molecule is CCC(C)Cn1c(CNC(=O)c2ccncc2)nc2ccccc21. The number of amides is 1. The number of imidazole rings is 1. The van der Waals surface area contributed by atoms with Gasteiger partial charge in [-0.1, -0.05) is 32.4 Å². The summed E-state index contributed by atoms with van der Waals surface area (Å²) in [6.45, 7) is 5.73. The maximum Gasteiger partial charge on any atom is 0.251 e. The maximum atomic E-state index is 12.2. The second kappa shape index (κ2) is 7.25. The summed E-state index contributed by atoms with van der Waals surface area (Å²) in [6.07, 6.45) is 4.34. The predicted molar refractivity (Wildman–Crippen MR) is 94.6 cm³/mol. The normalized spacial score (nSPS) is 12.2. The molecule has 0 aliphatic carbocycles. The van der Waals surface area contributed by atoms with E-state index < -0.39 is 0 Å². The van der Waals surface area contributed by atoms with Gasteiger partial charge < -0.3 is 9.88 Å². The van der Waals surface area contributed by atoms with Crippen LogP contribution in [-0.4, -0.2) is 20.4 Å². The van der Waals surface area contributed by atoms with Crippen LogP contribution in [0.3, 0.4) is 0 Å². The van der Waals surface area contributed by atoms with Gasteiger partial charge in [-0.25, -0.2) is 4.98 Å². The van der Waals surface area contributed by atoms with E-state index in [-0.39, 0.29) is 5.91 Å². The Bertz CT molecular complexity index is 826. The van der Waals surface area contributed by atoms with Crippen LogP contribution in [0, 0.1) is 5.92 Å². The third kappa shape index (κ3) is 3.45. The summed E-state index contributed by atoms with van der Waals surface area (Å²) < 4.78 is 2.22. The number of benzene rings is 1. The highest BCUT2D eigenvalue weighted by atomic mass is 16.1. The van der Waals surface area contributed by atoms with Crippen LogP contribution >= 0.6 is 0 Å². The van der Waals surface area contributed by atoms with E-state index in [2.05, 4.69) is 34.8 Å². The van der Waals surface area contributed by atoms with E-state index >= 15 is 0 Å². The molecular weight excluding hydrogens is 300 g/mol. The number of carbonyl (C=O) groups excluding carboxylic acids is 1. The smallest absolute Gasteiger partial charge is 0.251 e. The number of para-hydroxylation sites is 2. The molecule has 1 N–H and O–H groups in total. The molecule has 3 rings (SSSR count). The summed E-state index contributed by atoms with van der Waals surface area (Å²) >= 11 is 0. The molecule has 0 saturated heterocycles. The first-order chi connectivity index (χ1) is 11.7. The van der Waals surface area contributed by atoms with Gasteiger partial charge in [0, 0.05) is 24.5 Å². The second-order valence-corrected chi connectivity index (χ2v) is 6.06. The number of hydrogen-bond acceptors (Lipinski definition) is 3. The fourth-order valence-corrected chi connectivity index (χ4v) is 2.67. The first kappa shape index (κ1) is 16.2. The van der Waals surface area contributed by atoms with Gasteiger partial charge in [0.25, 0.3) is 5.91 Å². The molecule has 2 aromatic heterocycles. The summed E-state index contributed by atoms with van der Waals surface area (Å²) in [5.41, 5.74) is 2.69. The lowest BCUT2D eigenvalue weighted by Gasteiger charge is -2.14. The monoisotopic (exact) mass is 322 g/mol. The molecule has 0 spiro atoms. The quantitative estimate of drug-likeness (QED) is 0.756. The number of fused-ring (bicyclic) bond motifs is 1. The molecule has 0 saturated carbocycles. The fraction of sp³-hybridized carbons (Fsp3) is 0.316. The number of nitrogens with one attached hydrogen (secondary N) is 1. The molecule has 0 radical (unpaired) electrons. The van der Waals surface area contributed by atoms with Crippen molar-refractivity contribution in [2.45, 2.75) is 33.4 Å². The molecular formula is C19H22N4O. The lowest BCUT2D eigenvalue weighted by molar-refractivity contribution is 0.0949. The molecule has 3 aromatic rings. The minimum atomic E-state index is -0.112. The van der Waals surface area contributed by atoms with Gasteiger partial charge in [-0.05, 0) is 30.2 Å². The zero-order valence-electron chi connectivity index (χ0n) is 14.1. The minimum Gasteiger partial charge on any atom is -0.345 e. The van der Waals surface area contributed by atoms with Gasteiger partial charge in [0.2, 0.25) is 0 Å².